The highest BCUT2D eigenvalue weighted by atomic mass is 16.5. The molecule has 0 aliphatic rings. The SMILES string of the molecule is COC(=O)/C=C/[C@H](C)[C@H](O)C[C@H](O)CCC[C@@H](O)CC[C@@H](C)CO. The Kier molecular flexibility index (Phi) is 12.8. The average molecular weight is 346 g/mol. The predicted molar refractivity (Wildman–Crippen MR) is 92.3 cm³/mol. The molecule has 6 heteroatoms. The highest BCUT2D eigenvalue weighted by Gasteiger charge is 2.17. The van der Waals surface area contributed by atoms with E-state index in [1.807, 2.05) is 6.92 Å². The molecule has 0 amide bonds. The van der Waals surface area contributed by atoms with E-state index in [1.165, 1.54) is 13.2 Å². The third kappa shape index (κ3) is 11.6. The number of ether oxygens (including phenoxy) is 1. The van der Waals surface area contributed by atoms with Crippen molar-refractivity contribution in [2.45, 2.75) is 70.7 Å². The number of rotatable bonds is 13. The molecule has 4 N–H and O–H groups in total. The van der Waals surface area contributed by atoms with Gasteiger partial charge in [-0.25, -0.2) is 4.79 Å². The Hall–Kier alpha value is -0.950. The predicted octanol–water partition coefficient (Wildman–Crippen LogP) is 1.40. The molecule has 24 heavy (non-hydrogen) atoms. The molecule has 0 aromatic rings. The summed E-state index contributed by atoms with van der Waals surface area (Å²) in [5, 5.41) is 38.8. The van der Waals surface area contributed by atoms with Gasteiger partial charge in [0.2, 0.25) is 0 Å². The summed E-state index contributed by atoms with van der Waals surface area (Å²) in [6.07, 6.45) is 4.48. The fourth-order valence-corrected chi connectivity index (χ4v) is 2.34. The fraction of sp³-hybridized carbons (Fsp3) is 0.833. The Morgan fingerprint density at radius 1 is 1.04 bits per heavy atom. The topological polar surface area (TPSA) is 107 Å². The summed E-state index contributed by atoms with van der Waals surface area (Å²) < 4.78 is 4.48. The van der Waals surface area contributed by atoms with Crippen LogP contribution in [-0.2, 0) is 9.53 Å². The number of methoxy groups -OCH3 is 1. The minimum Gasteiger partial charge on any atom is -0.466 e. The Balaban J connectivity index is 3.93. The lowest BCUT2D eigenvalue weighted by Crippen LogP contribution is -2.23. The summed E-state index contributed by atoms with van der Waals surface area (Å²) >= 11 is 0. The van der Waals surface area contributed by atoms with E-state index in [0.717, 1.165) is 6.42 Å². The fourth-order valence-electron chi connectivity index (χ4n) is 2.34. The molecule has 0 spiro atoms. The van der Waals surface area contributed by atoms with Gasteiger partial charge < -0.3 is 25.2 Å². The van der Waals surface area contributed by atoms with E-state index in [0.29, 0.717) is 25.7 Å². The van der Waals surface area contributed by atoms with Crippen LogP contribution < -0.4 is 0 Å². The highest BCUT2D eigenvalue weighted by Crippen LogP contribution is 2.17. The monoisotopic (exact) mass is 346 g/mol. The van der Waals surface area contributed by atoms with Crippen molar-refractivity contribution in [3.63, 3.8) is 0 Å². The first kappa shape index (κ1) is 23.1. The molecule has 0 heterocycles. The molecule has 0 rings (SSSR count). The standard InChI is InChI=1S/C18H34O6/c1-13(12-19)7-9-15(20)5-4-6-16(21)11-17(22)14(2)8-10-18(23)24-3/h8,10,13-17,19-22H,4-7,9,11-12H2,1-3H3/b10-8+/t13-,14+,15-,16-,17-/m1/s1. The second-order valence-electron chi connectivity index (χ2n) is 6.65. The number of hydrogen-bond donors (Lipinski definition) is 4. The smallest absolute Gasteiger partial charge is 0.330 e. The number of aliphatic hydroxyl groups is 4. The van der Waals surface area contributed by atoms with Crippen molar-refractivity contribution in [2.24, 2.45) is 11.8 Å². The van der Waals surface area contributed by atoms with Crippen LogP contribution in [0.1, 0.15) is 52.4 Å². The van der Waals surface area contributed by atoms with Gasteiger partial charge in [-0.15, -0.1) is 0 Å². The van der Waals surface area contributed by atoms with Gasteiger partial charge in [0.05, 0.1) is 25.4 Å². The van der Waals surface area contributed by atoms with E-state index in [2.05, 4.69) is 4.74 Å². The quantitative estimate of drug-likeness (QED) is 0.297. The molecular formula is C18H34O6. The van der Waals surface area contributed by atoms with Crippen LogP contribution >= 0.6 is 0 Å². The van der Waals surface area contributed by atoms with Gasteiger partial charge in [0.25, 0.3) is 0 Å². The third-order valence-electron chi connectivity index (χ3n) is 4.24. The van der Waals surface area contributed by atoms with Gasteiger partial charge in [-0.05, 0) is 44.4 Å². The van der Waals surface area contributed by atoms with Crippen LogP contribution in [0.25, 0.3) is 0 Å². The molecule has 0 unspecified atom stereocenters. The average Bonchev–Trinajstić information content (AvgIpc) is 2.56. The zero-order valence-electron chi connectivity index (χ0n) is 15.1. The van der Waals surface area contributed by atoms with Crippen LogP contribution in [0, 0.1) is 11.8 Å². The van der Waals surface area contributed by atoms with Crippen molar-refractivity contribution in [3.8, 4) is 0 Å². The van der Waals surface area contributed by atoms with Crippen molar-refractivity contribution in [3.05, 3.63) is 12.2 Å². The summed E-state index contributed by atoms with van der Waals surface area (Å²) in [5.74, 6) is -0.539. The maximum absolute atomic E-state index is 11.0. The Bertz CT molecular complexity index is 357. The van der Waals surface area contributed by atoms with Crippen LogP contribution in [0.15, 0.2) is 12.2 Å². The normalized spacial score (nSPS) is 18.1. The van der Waals surface area contributed by atoms with Gasteiger partial charge in [-0.2, -0.15) is 0 Å². The Morgan fingerprint density at radius 3 is 2.25 bits per heavy atom. The summed E-state index contributed by atoms with van der Waals surface area (Å²) in [6, 6.07) is 0. The van der Waals surface area contributed by atoms with Crippen LogP contribution in [-0.4, -0.2) is 58.4 Å². The lowest BCUT2D eigenvalue weighted by atomic mass is 9.95. The number of carbonyl (C=O) groups is 1. The number of hydrogen-bond acceptors (Lipinski definition) is 6. The molecule has 0 aromatic heterocycles. The number of esters is 1. The zero-order chi connectivity index (χ0) is 18.5. The molecule has 0 saturated carbocycles. The minimum atomic E-state index is -0.740. The van der Waals surface area contributed by atoms with Gasteiger partial charge in [0.1, 0.15) is 0 Å². The summed E-state index contributed by atoms with van der Waals surface area (Å²) in [7, 11) is 1.29. The van der Waals surface area contributed by atoms with Crippen molar-refractivity contribution in [1.82, 2.24) is 0 Å². The highest BCUT2D eigenvalue weighted by molar-refractivity contribution is 5.81. The first-order valence-electron chi connectivity index (χ1n) is 8.71. The first-order valence-corrected chi connectivity index (χ1v) is 8.71. The second kappa shape index (κ2) is 13.4. The van der Waals surface area contributed by atoms with E-state index in [9.17, 15) is 20.1 Å². The molecular weight excluding hydrogens is 312 g/mol. The molecule has 142 valence electrons. The number of aliphatic hydroxyl groups excluding tert-OH is 4. The van der Waals surface area contributed by atoms with E-state index in [4.69, 9.17) is 5.11 Å². The molecule has 5 atom stereocenters. The van der Waals surface area contributed by atoms with E-state index >= 15 is 0 Å². The second-order valence-corrected chi connectivity index (χ2v) is 6.65. The molecule has 6 nitrogen and oxygen atoms in total. The van der Waals surface area contributed by atoms with Crippen molar-refractivity contribution in [2.75, 3.05) is 13.7 Å². The minimum absolute atomic E-state index is 0.131. The largest absolute Gasteiger partial charge is 0.466 e. The molecule has 0 fully saturated rings. The van der Waals surface area contributed by atoms with E-state index < -0.39 is 24.3 Å². The van der Waals surface area contributed by atoms with Crippen molar-refractivity contribution in [1.29, 1.82) is 0 Å². The molecule has 0 saturated heterocycles. The number of carbonyl (C=O) groups excluding carboxylic acids is 1. The molecule has 0 bridgehead atoms. The lowest BCUT2D eigenvalue weighted by Gasteiger charge is -2.20. The summed E-state index contributed by atoms with van der Waals surface area (Å²) in [4.78, 5) is 11.0. The Labute approximate surface area is 145 Å². The van der Waals surface area contributed by atoms with Gasteiger partial charge in [-0.1, -0.05) is 19.9 Å². The summed E-state index contributed by atoms with van der Waals surface area (Å²) in [6.45, 7) is 3.84. The lowest BCUT2D eigenvalue weighted by molar-refractivity contribution is -0.134. The third-order valence-corrected chi connectivity index (χ3v) is 4.24. The first-order chi connectivity index (χ1) is 11.3. The van der Waals surface area contributed by atoms with Gasteiger partial charge in [0, 0.05) is 18.6 Å². The summed E-state index contributed by atoms with van der Waals surface area (Å²) in [5.41, 5.74) is 0. The van der Waals surface area contributed by atoms with E-state index in [-0.39, 0.29) is 24.9 Å². The van der Waals surface area contributed by atoms with Crippen LogP contribution in [0.3, 0.4) is 0 Å². The van der Waals surface area contributed by atoms with Gasteiger partial charge >= 0.3 is 5.97 Å². The van der Waals surface area contributed by atoms with Crippen LogP contribution in [0.5, 0.6) is 0 Å². The van der Waals surface area contributed by atoms with Gasteiger partial charge in [0.15, 0.2) is 0 Å². The van der Waals surface area contributed by atoms with E-state index in [1.54, 1.807) is 13.0 Å². The van der Waals surface area contributed by atoms with Crippen molar-refractivity contribution < 1.29 is 30.0 Å². The molecule has 0 aliphatic heterocycles. The Morgan fingerprint density at radius 2 is 1.67 bits per heavy atom. The molecule has 0 aliphatic carbocycles. The molecule has 0 radical (unpaired) electrons. The zero-order valence-corrected chi connectivity index (χ0v) is 15.1. The van der Waals surface area contributed by atoms with Crippen molar-refractivity contribution >= 4 is 5.97 Å². The molecule has 0 aromatic carbocycles. The van der Waals surface area contributed by atoms with Crippen LogP contribution in [0.2, 0.25) is 0 Å². The van der Waals surface area contributed by atoms with Crippen LogP contribution in [0.4, 0.5) is 0 Å². The van der Waals surface area contributed by atoms with Gasteiger partial charge in [-0.3, -0.25) is 0 Å². The maximum atomic E-state index is 11.0. The maximum Gasteiger partial charge on any atom is 0.330 e.